The van der Waals surface area contributed by atoms with E-state index in [0.717, 1.165) is 19.1 Å². The summed E-state index contributed by atoms with van der Waals surface area (Å²) in [5.74, 6) is 1.68. The number of ether oxygens (including phenoxy) is 1. The predicted molar refractivity (Wildman–Crippen MR) is 86.4 cm³/mol. The van der Waals surface area contributed by atoms with Crippen LogP contribution in [0.15, 0.2) is 4.99 Å². The first-order chi connectivity index (χ1) is 9.90. The third kappa shape index (κ3) is 10.5. The quantitative estimate of drug-likeness (QED) is 0.353. The van der Waals surface area contributed by atoms with Gasteiger partial charge in [-0.2, -0.15) is 0 Å². The van der Waals surface area contributed by atoms with E-state index >= 15 is 0 Å². The number of aliphatic imine (C=N–C) groups is 1. The molecule has 1 aliphatic carbocycles. The number of rotatable bonds is 10. The highest BCUT2D eigenvalue weighted by atomic mass is 32.2. The second kappa shape index (κ2) is 9.25. The van der Waals surface area contributed by atoms with Crippen molar-refractivity contribution in [1.29, 1.82) is 0 Å². The monoisotopic (exact) mass is 319 g/mol. The minimum Gasteiger partial charge on any atom is -0.379 e. The van der Waals surface area contributed by atoms with Crippen LogP contribution in [0.1, 0.15) is 33.1 Å². The molecule has 0 aliphatic heterocycles. The number of hydrogen-bond acceptors (Lipinski definition) is 4. The fourth-order valence-electron chi connectivity index (χ4n) is 1.77. The van der Waals surface area contributed by atoms with Crippen molar-refractivity contribution in [2.24, 2.45) is 10.9 Å². The van der Waals surface area contributed by atoms with Crippen LogP contribution in [-0.2, 0) is 14.6 Å². The van der Waals surface area contributed by atoms with Crippen molar-refractivity contribution in [2.75, 3.05) is 38.3 Å². The summed E-state index contributed by atoms with van der Waals surface area (Å²) in [5, 5.41) is 6.38. The number of guanidine groups is 1. The predicted octanol–water partition coefficient (Wildman–Crippen LogP) is 0.791. The Kier molecular flexibility index (Phi) is 8.03. The lowest BCUT2D eigenvalue weighted by atomic mass is 10.3. The molecule has 0 aromatic rings. The highest BCUT2D eigenvalue weighted by molar-refractivity contribution is 7.90. The highest BCUT2D eigenvalue weighted by Gasteiger charge is 2.20. The van der Waals surface area contributed by atoms with Crippen molar-refractivity contribution in [3.8, 4) is 0 Å². The van der Waals surface area contributed by atoms with Crippen LogP contribution in [0.2, 0.25) is 0 Å². The van der Waals surface area contributed by atoms with Crippen molar-refractivity contribution in [2.45, 2.75) is 39.2 Å². The smallest absolute Gasteiger partial charge is 0.191 e. The molecule has 0 aromatic heterocycles. The zero-order valence-corrected chi connectivity index (χ0v) is 14.2. The number of hydrogen-bond donors (Lipinski definition) is 2. The molecular weight excluding hydrogens is 290 g/mol. The van der Waals surface area contributed by atoms with Gasteiger partial charge in [-0.25, -0.2) is 8.42 Å². The molecule has 6 nitrogen and oxygen atoms in total. The molecule has 1 saturated carbocycles. The molecule has 1 aliphatic rings. The Morgan fingerprint density at radius 1 is 1.43 bits per heavy atom. The standard InChI is InChI=1S/C14H29N3O3S/c1-4-15-14(16-8-9-20-11-13-5-6-13)17-12(2)7-10-21(3,18)19/h12-13H,4-11H2,1-3H3,(H2,15,16,17). The van der Waals surface area contributed by atoms with Gasteiger partial charge >= 0.3 is 0 Å². The average molecular weight is 319 g/mol. The van der Waals surface area contributed by atoms with Crippen molar-refractivity contribution in [1.82, 2.24) is 10.6 Å². The first-order valence-electron chi connectivity index (χ1n) is 7.71. The molecule has 0 spiro atoms. The number of nitrogens with one attached hydrogen (secondary N) is 2. The summed E-state index contributed by atoms with van der Waals surface area (Å²) in [6, 6.07) is 0.0601. The van der Waals surface area contributed by atoms with Crippen molar-refractivity contribution in [3.63, 3.8) is 0 Å². The van der Waals surface area contributed by atoms with Crippen LogP contribution in [0.3, 0.4) is 0 Å². The summed E-state index contributed by atoms with van der Waals surface area (Å²) in [7, 11) is -2.91. The van der Waals surface area contributed by atoms with E-state index in [-0.39, 0.29) is 11.8 Å². The Hall–Kier alpha value is -0.820. The van der Waals surface area contributed by atoms with E-state index in [4.69, 9.17) is 4.74 Å². The van der Waals surface area contributed by atoms with Crippen LogP contribution in [0.25, 0.3) is 0 Å². The summed E-state index contributed by atoms with van der Waals surface area (Å²) in [5.41, 5.74) is 0. The maximum absolute atomic E-state index is 11.2. The molecular formula is C14H29N3O3S. The second-order valence-corrected chi connectivity index (χ2v) is 8.00. The minimum absolute atomic E-state index is 0.0601. The number of nitrogens with zero attached hydrogens (tertiary/aromatic N) is 1. The van der Waals surface area contributed by atoms with Gasteiger partial charge in [0.25, 0.3) is 0 Å². The van der Waals surface area contributed by atoms with Crippen molar-refractivity contribution >= 4 is 15.8 Å². The van der Waals surface area contributed by atoms with E-state index in [9.17, 15) is 8.42 Å². The van der Waals surface area contributed by atoms with Gasteiger partial charge in [0, 0.05) is 25.4 Å². The third-order valence-corrected chi connectivity index (χ3v) is 4.18. The van der Waals surface area contributed by atoms with Crippen molar-refractivity contribution < 1.29 is 13.2 Å². The largest absolute Gasteiger partial charge is 0.379 e. The zero-order chi connectivity index (χ0) is 15.7. The van der Waals surface area contributed by atoms with E-state index in [1.54, 1.807) is 0 Å². The SMILES string of the molecule is CCNC(=NCCOCC1CC1)NC(C)CCS(C)(=O)=O. The lowest BCUT2D eigenvalue weighted by molar-refractivity contribution is 0.131. The highest BCUT2D eigenvalue weighted by Crippen LogP contribution is 2.28. The van der Waals surface area contributed by atoms with Gasteiger partial charge < -0.3 is 15.4 Å². The van der Waals surface area contributed by atoms with Gasteiger partial charge in [0.15, 0.2) is 5.96 Å². The van der Waals surface area contributed by atoms with E-state index in [1.165, 1.54) is 19.1 Å². The first-order valence-corrected chi connectivity index (χ1v) is 9.77. The zero-order valence-electron chi connectivity index (χ0n) is 13.4. The Morgan fingerprint density at radius 3 is 2.71 bits per heavy atom. The Bertz CT molecular complexity index is 419. The summed E-state index contributed by atoms with van der Waals surface area (Å²) in [6.45, 7) is 6.83. The van der Waals surface area contributed by atoms with Gasteiger partial charge in [-0.1, -0.05) is 0 Å². The normalized spacial score (nSPS) is 17.6. The molecule has 21 heavy (non-hydrogen) atoms. The van der Waals surface area contributed by atoms with Crippen LogP contribution in [0.5, 0.6) is 0 Å². The molecule has 0 saturated heterocycles. The first kappa shape index (κ1) is 18.2. The maximum Gasteiger partial charge on any atom is 0.191 e. The molecule has 2 N–H and O–H groups in total. The molecule has 1 rings (SSSR count). The molecule has 124 valence electrons. The Morgan fingerprint density at radius 2 is 2.14 bits per heavy atom. The molecule has 0 radical (unpaired) electrons. The third-order valence-electron chi connectivity index (χ3n) is 3.21. The van der Waals surface area contributed by atoms with E-state index in [2.05, 4.69) is 15.6 Å². The maximum atomic E-state index is 11.2. The van der Waals surface area contributed by atoms with E-state index < -0.39 is 9.84 Å². The molecule has 0 amide bonds. The lowest BCUT2D eigenvalue weighted by Gasteiger charge is -2.17. The molecule has 1 fully saturated rings. The minimum atomic E-state index is -2.91. The molecule has 1 unspecified atom stereocenters. The van der Waals surface area contributed by atoms with Crippen molar-refractivity contribution in [3.05, 3.63) is 0 Å². The Labute approximate surface area is 128 Å². The van der Waals surface area contributed by atoms with Gasteiger partial charge in [-0.05, 0) is 39.0 Å². The molecule has 1 atom stereocenters. The van der Waals surface area contributed by atoms with Crippen LogP contribution in [0.4, 0.5) is 0 Å². The van der Waals surface area contributed by atoms with Gasteiger partial charge in [-0.3, -0.25) is 4.99 Å². The Balaban J connectivity index is 2.25. The summed E-state index contributed by atoms with van der Waals surface area (Å²) < 4.78 is 27.9. The fraction of sp³-hybridized carbons (Fsp3) is 0.929. The summed E-state index contributed by atoms with van der Waals surface area (Å²) in [6.07, 6.45) is 4.42. The van der Waals surface area contributed by atoms with Crippen LogP contribution < -0.4 is 10.6 Å². The molecule has 0 aromatic carbocycles. The number of sulfone groups is 1. The van der Waals surface area contributed by atoms with Gasteiger partial charge in [0.2, 0.25) is 0 Å². The van der Waals surface area contributed by atoms with E-state index in [0.29, 0.717) is 25.5 Å². The van der Waals surface area contributed by atoms with Gasteiger partial charge in [0.1, 0.15) is 9.84 Å². The van der Waals surface area contributed by atoms with Crippen LogP contribution in [0, 0.1) is 5.92 Å². The summed E-state index contributed by atoms with van der Waals surface area (Å²) >= 11 is 0. The van der Waals surface area contributed by atoms with Crippen LogP contribution in [-0.4, -0.2) is 58.7 Å². The molecule has 7 heteroatoms. The van der Waals surface area contributed by atoms with Crippen LogP contribution >= 0.6 is 0 Å². The second-order valence-electron chi connectivity index (χ2n) is 5.74. The lowest BCUT2D eigenvalue weighted by Crippen LogP contribution is -2.43. The van der Waals surface area contributed by atoms with E-state index in [1.807, 2.05) is 13.8 Å². The molecule has 0 heterocycles. The van der Waals surface area contributed by atoms with Gasteiger partial charge in [0.05, 0.1) is 18.9 Å². The fourth-order valence-corrected chi connectivity index (χ4v) is 2.55. The topological polar surface area (TPSA) is 79.8 Å². The summed E-state index contributed by atoms with van der Waals surface area (Å²) in [4.78, 5) is 4.44. The molecule has 0 bridgehead atoms. The average Bonchev–Trinajstić information content (AvgIpc) is 3.19. The van der Waals surface area contributed by atoms with Gasteiger partial charge in [-0.15, -0.1) is 0 Å².